The summed E-state index contributed by atoms with van der Waals surface area (Å²) >= 11 is 0. The van der Waals surface area contributed by atoms with E-state index in [0.717, 1.165) is 17.7 Å². The Kier molecular flexibility index (Phi) is 6.55. The van der Waals surface area contributed by atoms with Crippen molar-refractivity contribution < 1.29 is 26.3 Å². The summed E-state index contributed by atoms with van der Waals surface area (Å²) in [6, 6.07) is 1.18. The van der Waals surface area contributed by atoms with Gasteiger partial charge >= 0.3 is 12.2 Å². The van der Waals surface area contributed by atoms with Gasteiger partial charge in [-0.15, -0.1) is 0 Å². The van der Waals surface area contributed by atoms with E-state index in [0.29, 0.717) is 17.8 Å². The summed E-state index contributed by atoms with van der Waals surface area (Å²) in [5, 5.41) is 2.91. The molecular formula is C20H25F3N6O3S. The van der Waals surface area contributed by atoms with Crippen molar-refractivity contribution in [2.24, 2.45) is 0 Å². The minimum atomic E-state index is -4.44. The first-order chi connectivity index (χ1) is 15.2. The van der Waals surface area contributed by atoms with Crippen LogP contribution in [0, 0.1) is 0 Å². The largest absolute Gasteiger partial charge is 0.462 e. The minimum absolute atomic E-state index is 0.0539. The van der Waals surface area contributed by atoms with Crippen LogP contribution in [0.15, 0.2) is 24.5 Å². The Bertz CT molecular complexity index is 1260. The van der Waals surface area contributed by atoms with Crippen molar-refractivity contribution in [3.8, 4) is 6.01 Å². The van der Waals surface area contributed by atoms with Gasteiger partial charge in [0, 0.05) is 24.9 Å². The van der Waals surface area contributed by atoms with Crippen molar-refractivity contribution >= 4 is 32.5 Å². The Morgan fingerprint density at radius 2 is 1.88 bits per heavy atom. The number of nitrogens with one attached hydrogen (secondary N) is 1. The molecule has 1 N–H and O–H groups in total. The van der Waals surface area contributed by atoms with E-state index in [9.17, 15) is 21.6 Å². The molecule has 13 heteroatoms. The van der Waals surface area contributed by atoms with E-state index < -0.39 is 26.8 Å². The predicted octanol–water partition coefficient (Wildman–Crippen LogP) is 3.85. The molecule has 33 heavy (non-hydrogen) atoms. The second-order valence-corrected chi connectivity index (χ2v) is 10.8. The van der Waals surface area contributed by atoms with Crippen molar-refractivity contribution in [2.75, 3.05) is 18.2 Å². The number of rotatable bonds is 8. The number of nitrogens with zero attached hydrogens (tertiary/aromatic N) is 5. The van der Waals surface area contributed by atoms with Crippen LogP contribution in [0.3, 0.4) is 0 Å². The fourth-order valence-electron chi connectivity index (χ4n) is 2.90. The Morgan fingerprint density at radius 1 is 1.18 bits per heavy atom. The molecule has 3 aromatic heterocycles. The lowest BCUT2D eigenvalue weighted by atomic mass is 10.2. The molecule has 3 aromatic rings. The van der Waals surface area contributed by atoms with Gasteiger partial charge in [-0.2, -0.15) is 18.2 Å². The number of pyridine rings is 1. The molecule has 0 amide bonds. The van der Waals surface area contributed by atoms with Crippen LogP contribution in [0.5, 0.6) is 6.01 Å². The van der Waals surface area contributed by atoms with Crippen LogP contribution >= 0.6 is 0 Å². The lowest BCUT2D eigenvalue weighted by Gasteiger charge is -2.21. The number of halogens is 3. The van der Waals surface area contributed by atoms with Gasteiger partial charge in [0.05, 0.1) is 11.7 Å². The van der Waals surface area contributed by atoms with Gasteiger partial charge < -0.3 is 14.6 Å². The number of fused-ring (bicyclic) bond motifs is 1. The number of aromatic nitrogens is 5. The highest BCUT2D eigenvalue weighted by Gasteiger charge is 2.39. The van der Waals surface area contributed by atoms with Crippen molar-refractivity contribution in [3.05, 3.63) is 30.4 Å². The highest BCUT2D eigenvalue weighted by Crippen LogP contribution is 2.34. The Morgan fingerprint density at radius 3 is 2.48 bits per heavy atom. The van der Waals surface area contributed by atoms with Crippen molar-refractivity contribution in [2.45, 2.75) is 51.1 Å². The van der Waals surface area contributed by atoms with Crippen molar-refractivity contribution in [1.29, 1.82) is 0 Å². The zero-order chi connectivity index (χ0) is 24.6. The van der Waals surface area contributed by atoms with Gasteiger partial charge in [0.2, 0.25) is 0 Å². The second kappa shape index (κ2) is 8.76. The average Bonchev–Trinajstić information content (AvgIpc) is 3.08. The zero-order valence-corrected chi connectivity index (χ0v) is 19.6. The van der Waals surface area contributed by atoms with Gasteiger partial charge in [0.1, 0.15) is 40.4 Å². The standard InChI is InChI=1S/C20H25F3N6O3S/c1-6-17-26-13-10-25-16(9-14(13)29(17)12(2)20(21,22)23)27-15-7-8-24-18(28-15)32-11-19(3,4)33(5,30)31/h7-10,12H,6,11H2,1-5H3,(H,24,25,27,28). The maximum absolute atomic E-state index is 13.4. The molecule has 3 heterocycles. The maximum atomic E-state index is 13.4. The molecule has 9 nitrogen and oxygen atoms in total. The van der Waals surface area contributed by atoms with Crippen LogP contribution in [0.1, 0.15) is 39.6 Å². The molecule has 0 aliphatic rings. The molecule has 0 saturated heterocycles. The molecule has 1 atom stereocenters. The molecule has 3 rings (SSSR count). The molecule has 0 aliphatic carbocycles. The van der Waals surface area contributed by atoms with Crippen molar-refractivity contribution in [1.82, 2.24) is 24.5 Å². The Hall–Kier alpha value is -2.96. The third-order valence-corrected chi connectivity index (χ3v) is 7.39. The topological polar surface area (TPSA) is 112 Å². The maximum Gasteiger partial charge on any atom is 0.408 e. The molecule has 0 aliphatic heterocycles. The normalized spacial score (nSPS) is 13.8. The molecule has 1 unspecified atom stereocenters. The second-order valence-electron chi connectivity index (χ2n) is 8.20. The van der Waals surface area contributed by atoms with Gasteiger partial charge in [-0.25, -0.2) is 23.4 Å². The van der Waals surface area contributed by atoms with Crippen LogP contribution in [-0.4, -0.2) is 56.7 Å². The summed E-state index contributed by atoms with van der Waals surface area (Å²) < 4.78 is 69.4. The molecule has 0 radical (unpaired) electrons. The van der Waals surface area contributed by atoms with Gasteiger partial charge in [0.15, 0.2) is 9.84 Å². The zero-order valence-electron chi connectivity index (χ0n) is 18.8. The Balaban J connectivity index is 1.87. The number of imidazole rings is 1. The SMILES string of the molecule is CCc1nc2cnc(Nc3ccnc(OCC(C)(C)S(C)(=O)=O)n3)cc2n1C(C)C(F)(F)F. The predicted molar refractivity (Wildman–Crippen MR) is 117 cm³/mol. The number of alkyl halides is 3. The first kappa shape index (κ1) is 24.7. The first-order valence-electron chi connectivity index (χ1n) is 10.1. The van der Waals surface area contributed by atoms with Crippen LogP contribution in [-0.2, 0) is 16.3 Å². The monoisotopic (exact) mass is 486 g/mol. The third kappa shape index (κ3) is 5.34. The van der Waals surface area contributed by atoms with Gasteiger partial charge in [0.25, 0.3) is 0 Å². The molecular weight excluding hydrogens is 461 g/mol. The van der Waals surface area contributed by atoms with Crippen molar-refractivity contribution in [3.63, 3.8) is 0 Å². The summed E-state index contributed by atoms with van der Waals surface area (Å²) in [7, 11) is -3.37. The number of ether oxygens (including phenoxy) is 1. The third-order valence-electron chi connectivity index (χ3n) is 5.27. The lowest BCUT2D eigenvalue weighted by Crippen LogP contribution is -2.37. The fourth-order valence-corrected chi connectivity index (χ4v) is 3.17. The van der Waals surface area contributed by atoms with E-state index in [1.54, 1.807) is 6.92 Å². The van der Waals surface area contributed by atoms with Crippen LogP contribution in [0.4, 0.5) is 24.8 Å². The van der Waals surface area contributed by atoms with Gasteiger partial charge in [-0.3, -0.25) is 0 Å². The summed E-state index contributed by atoms with van der Waals surface area (Å²) in [6.45, 7) is 5.72. The summed E-state index contributed by atoms with van der Waals surface area (Å²) in [4.78, 5) is 16.6. The smallest absolute Gasteiger partial charge is 0.408 e. The molecule has 0 spiro atoms. The summed E-state index contributed by atoms with van der Waals surface area (Å²) in [6.07, 6.45) is -0.196. The number of anilines is 2. The highest BCUT2D eigenvalue weighted by molar-refractivity contribution is 7.92. The molecule has 0 aromatic carbocycles. The van der Waals surface area contributed by atoms with E-state index in [2.05, 4.69) is 25.3 Å². The van der Waals surface area contributed by atoms with Crippen LogP contribution < -0.4 is 10.1 Å². The quantitative estimate of drug-likeness (QED) is 0.511. The number of aryl methyl sites for hydroxylation is 1. The van der Waals surface area contributed by atoms with E-state index in [4.69, 9.17) is 4.74 Å². The molecule has 0 fully saturated rings. The van der Waals surface area contributed by atoms with Gasteiger partial charge in [-0.05, 0) is 26.8 Å². The molecule has 0 bridgehead atoms. The van der Waals surface area contributed by atoms with E-state index in [-0.39, 0.29) is 29.8 Å². The fraction of sp³-hybridized carbons (Fsp3) is 0.500. The van der Waals surface area contributed by atoms with E-state index in [1.165, 1.54) is 38.4 Å². The minimum Gasteiger partial charge on any atom is -0.462 e. The highest BCUT2D eigenvalue weighted by atomic mass is 32.2. The number of hydrogen-bond donors (Lipinski definition) is 1. The molecule has 180 valence electrons. The van der Waals surface area contributed by atoms with Gasteiger partial charge in [-0.1, -0.05) is 6.92 Å². The first-order valence-corrected chi connectivity index (χ1v) is 12.0. The number of sulfone groups is 1. The lowest BCUT2D eigenvalue weighted by molar-refractivity contribution is -0.162. The van der Waals surface area contributed by atoms with E-state index in [1.807, 2.05) is 0 Å². The van der Waals surface area contributed by atoms with Crippen LogP contribution in [0.2, 0.25) is 0 Å². The summed E-state index contributed by atoms with van der Waals surface area (Å²) in [5.41, 5.74) is 0.637. The number of hydrogen-bond acceptors (Lipinski definition) is 8. The molecule has 0 saturated carbocycles. The average molecular weight is 487 g/mol. The summed E-state index contributed by atoms with van der Waals surface area (Å²) in [5.74, 6) is 0.830. The van der Waals surface area contributed by atoms with Crippen LogP contribution in [0.25, 0.3) is 11.0 Å². The Labute approximate surface area is 189 Å². The van der Waals surface area contributed by atoms with E-state index >= 15 is 0 Å².